The number of rotatable bonds is 9. The zero-order chi connectivity index (χ0) is 25.7. The van der Waals surface area contributed by atoms with Gasteiger partial charge in [0.15, 0.2) is 0 Å². The molecule has 12 nitrogen and oxygen atoms in total. The van der Waals surface area contributed by atoms with Crippen molar-refractivity contribution in [3.05, 3.63) is 73.2 Å². The minimum Gasteiger partial charge on any atom is -0.464 e. The third-order valence-electron chi connectivity index (χ3n) is 4.51. The summed E-state index contributed by atoms with van der Waals surface area (Å²) in [5.41, 5.74) is -0.778. The lowest BCUT2D eigenvalue weighted by molar-refractivity contribution is -0.394. The van der Waals surface area contributed by atoms with Gasteiger partial charge in [-0.05, 0) is 35.9 Å². The van der Waals surface area contributed by atoms with Gasteiger partial charge in [0.05, 0.1) is 27.4 Å². The van der Waals surface area contributed by atoms with Crippen LogP contribution in [0.4, 0.5) is 16.2 Å². The van der Waals surface area contributed by atoms with Crippen molar-refractivity contribution in [3.8, 4) is 11.5 Å². The standard InChI is InChI=1S/C22H19N3O9S/c1-13(2)12-33-20(26)11-23-21(27)19(35-22(23)28)9-14-5-3-4-6-17(14)34-18-8-7-15(24(29)30)10-16(18)25(31)32/h3-10,13H,11-12H2,1-2H3/b19-9+. The molecule has 0 spiro atoms. The number of carbonyl (C=O) groups excluding carboxylic acids is 3. The highest BCUT2D eigenvalue weighted by atomic mass is 32.2. The van der Waals surface area contributed by atoms with Crippen molar-refractivity contribution >= 4 is 46.3 Å². The van der Waals surface area contributed by atoms with Gasteiger partial charge in [-0.25, -0.2) is 0 Å². The molecule has 3 rings (SSSR count). The lowest BCUT2D eigenvalue weighted by Crippen LogP contribution is -2.34. The van der Waals surface area contributed by atoms with Crippen molar-refractivity contribution in [1.82, 2.24) is 4.90 Å². The molecule has 2 amide bonds. The van der Waals surface area contributed by atoms with Crippen LogP contribution in [0.1, 0.15) is 19.4 Å². The topological polar surface area (TPSA) is 159 Å². The Morgan fingerprint density at radius 3 is 2.46 bits per heavy atom. The van der Waals surface area contributed by atoms with Gasteiger partial charge in [-0.2, -0.15) is 0 Å². The van der Waals surface area contributed by atoms with Gasteiger partial charge in [-0.1, -0.05) is 32.0 Å². The number of amides is 2. The predicted octanol–water partition coefficient (Wildman–Crippen LogP) is 4.53. The van der Waals surface area contributed by atoms with Crippen molar-refractivity contribution in [1.29, 1.82) is 0 Å². The van der Waals surface area contributed by atoms with Crippen molar-refractivity contribution in [3.63, 3.8) is 0 Å². The summed E-state index contributed by atoms with van der Waals surface area (Å²) in [6.07, 6.45) is 1.36. The van der Waals surface area contributed by atoms with Gasteiger partial charge >= 0.3 is 11.7 Å². The minimum atomic E-state index is -0.811. The highest BCUT2D eigenvalue weighted by Crippen LogP contribution is 2.38. The lowest BCUT2D eigenvalue weighted by Gasteiger charge is -2.13. The predicted molar refractivity (Wildman–Crippen MR) is 125 cm³/mol. The number of thioether (sulfide) groups is 1. The monoisotopic (exact) mass is 501 g/mol. The Balaban J connectivity index is 1.85. The van der Waals surface area contributed by atoms with Crippen LogP contribution < -0.4 is 4.74 Å². The number of non-ortho nitro benzene ring substituents is 1. The maximum absolute atomic E-state index is 12.7. The summed E-state index contributed by atoms with van der Waals surface area (Å²) in [7, 11) is 0. The molecule has 0 N–H and O–H groups in total. The number of hydrogen-bond acceptors (Lipinski definition) is 10. The fraction of sp³-hybridized carbons (Fsp3) is 0.227. The molecular formula is C22H19N3O9S. The minimum absolute atomic E-state index is 0.0147. The van der Waals surface area contributed by atoms with E-state index in [4.69, 9.17) is 9.47 Å². The maximum Gasteiger partial charge on any atom is 0.326 e. The van der Waals surface area contributed by atoms with E-state index in [0.717, 1.165) is 23.1 Å². The second-order valence-electron chi connectivity index (χ2n) is 7.65. The number of nitrogens with zero attached hydrogens (tertiary/aromatic N) is 3. The highest BCUT2D eigenvalue weighted by Gasteiger charge is 2.37. The molecule has 0 radical (unpaired) electrons. The Bertz CT molecular complexity index is 1240. The summed E-state index contributed by atoms with van der Waals surface area (Å²) < 4.78 is 10.7. The number of hydrogen-bond donors (Lipinski definition) is 0. The number of esters is 1. The average Bonchev–Trinajstić information content (AvgIpc) is 3.06. The van der Waals surface area contributed by atoms with E-state index in [0.29, 0.717) is 17.3 Å². The number of nitro benzene ring substituents is 2. The molecule has 1 saturated heterocycles. The number of nitro groups is 2. The molecule has 35 heavy (non-hydrogen) atoms. The zero-order valence-corrected chi connectivity index (χ0v) is 19.4. The van der Waals surface area contributed by atoms with Crippen molar-refractivity contribution in [2.75, 3.05) is 13.2 Å². The van der Waals surface area contributed by atoms with E-state index >= 15 is 0 Å². The lowest BCUT2D eigenvalue weighted by atomic mass is 10.1. The van der Waals surface area contributed by atoms with Crippen LogP contribution >= 0.6 is 11.8 Å². The van der Waals surface area contributed by atoms with Crippen LogP contribution in [0.3, 0.4) is 0 Å². The Hall–Kier alpha value is -4.26. The molecule has 0 saturated carbocycles. The smallest absolute Gasteiger partial charge is 0.326 e. The van der Waals surface area contributed by atoms with Crippen LogP contribution in [-0.2, 0) is 14.3 Å². The van der Waals surface area contributed by atoms with Crippen LogP contribution in [0.5, 0.6) is 11.5 Å². The molecule has 0 bridgehead atoms. The number of benzene rings is 2. The summed E-state index contributed by atoms with van der Waals surface area (Å²) in [6.45, 7) is 3.33. The SMILES string of the molecule is CC(C)COC(=O)CN1C(=O)S/C(=C/c2ccccc2Oc2ccc([N+](=O)[O-])cc2[N+](=O)[O-])C1=O. The fourth-order valence-corrected chi connectivity index (χ4v) is 3.70. The van der Waals surface area contributed by atoms with Gasteiger partial charge in [-0.3, -0.25) is 39.5 Å². The van der Waals surface area contributed by atoms with Gasteiger partial charge in [0, 0.05) is 11.6 Å². The molecular weight excluding hydrogens is 482 g/mol. The molecule has 0 unspecified atom stereocenters. The van der Waals surface area contributed by atoms with E-state index in [1.165, 1.54) is 12.1 Å². The van der Waals surface area contributed by atoms with E-state index in [-0.39, 0.29) is 28.9 Å². The molecule has 1 heterocycles. The van der Waals surface area contributed by atoms with E-state index in [1.807, 2.05) is 13.8 Å². The average molecular weight is 501 g/mol. The first-order valence-electron chi connectivity index (χ1n) is 10.2. The summed E-state index contributed by atoms with van der Waals surface area (Å²) in [5, 5.41) is 21.7. The number of ether oxygens (including phenoxy) is 2. The number of carbonyl (C=O) groups is 3. The van der Waals surface area contributed by atoms with Gasteiger partial charge in [0.2, 0.25) is 5.75 Å². The quantitative estimate of drug-likeness (QED) is 0.207. The van der Waals surface area contributed by atoms with E-state index in [9.17, 15) is 34.6 Å². The van der Waals surface area contributed by atoms with Crippen LogP contribution in [0.2, 0.25) is 0 Å². The Kier molecular flexibility index (Phi) is 7.81. The summed E-state index contributed by atoms with van der Waals surface area (Å²) in [4.78, 5) is 58.5. The van der Waals surface area contributed by atoms with Gasteiger partial charge in [0.1, 0.15) is 12.3 Å². The summed E-state index contributed by atoms with van der Waals surface area (Å²) in [5.74, 6) is -1.46. The Morgan fingerprint density at radius 1 is 1.09 bits per heavy atom. The second kappa shape index (κ2) is 10.8. The molecule has 1 aliphatic rings. The van der Waals surface area contributed by atoms with Crippen molar-refractivity contribution in [2.45, 2.75) is 13.8 Å². The molecule has 0 atom stereocenters. The first-order valence-corrected chi connectivity index (χ1v) is 11.0. The van der Waals surface area contributed by atoms with Gasteiger partial charge in [0.25, 0.3) is 16.8 Å². The third kappa shape index (κ3) is 6.20. The fourth-order valence-electron chi connectivity index (χ4n) is 2.87. The van der Waals surface area contributed by atoms with E-state index < -0.39 is 44.9 Å². The first kappa shape index (κ1) is 25.4. The summed E-state index contributed by atoms with van der Waals surface area (Å²) in [6, 6.07) is 9.18. The van der Waals surface area contributed by atoms with Gasteiger partial charge in [-0.15, -0.1) is 0 Å². The Morgan fingerprint density at radius 2 is 1.80 bits per heavy atom. The molecule has 2 aromatic carbocycles. The molecule has 1 aliphatic heterocycles. The number of imide groups is 1. The van der Waals surface area contributed by atoms with E-state index in [1.54, 1.807) is 18.2 Å². The Labute approximate surface area is 202 Å². The molecule has 2 aromatic rings. The van der Waals surface area contributed by atoms with Crippen molar-refractivity contribution in [2.24, 2.45) is 5.92 Å². The molecule has 13 heteroatoms. The molecule has 0 aliphatic carbocycles. The molecule has 182 valence electrons. The van der Waals surface area contributed by atoms with Crippen LogP contribution in [0.25, 0.3) is 6.08 Å². The van der Waals surface area contributed by atoms with E-state index in [2.05, 4.69) is 0 Å². The van der Waals surface area contributed by atoms with Crippen LogP contribution in [0.15, 0.2) is 47.4 Å². The summed E-state index contributed by atoms with van der Waals surface area (Å²) >= 11 is 0.623. The second-order valence-corrected chi connectivity index (χ2v) is 8.64. The molecule has 1 fully saturated rings. The third-order valence-corrected chi connectivity index (χ3v) is 5.42. The highest BCUT2D eigenvalue weighted by molar-refractivity contribution is 8.18. The number of para-hydroxylation sites is 1. The van der Waals surface area contributed by atoms with Gasteiger partial charge < -0.3 is 9.47 Å². The molecule has 0 aromatic heterocycles. The normalized spacial score (nSPS) is 14.5. The van der Waals surface area contributed by atoms with Crippen LogP contribution in [-0.4, -0.2) is 45.0 Å². The maximum atomic E-state index is 12.7. The largest absolute Gasteiger partial charge is 0.464 e. The first-order chi connectivity index (χ1) is 16.6. The van der Waals surface area contributed by atoms with Crippen molar-refractivity contribution < 1.29 is 33.7 Å². The van der Waals surface area contributed by atoms with Crippen LogP contribution in [0, 0.1) is 26.1 Å². The zero-order valence-electron chi connectivity index (χ0n) is 18.5.